The van der Waals surface area contributed by atoms with Gasteiger partial charge in [0.25, 0.3) is 0 Å². The van der Waals surface area contributed by atoms with E-state index in [-0.39, 0.29) is 5.60 Å². The predicted octanol–water partition coefficient (Wildman–Crippen LogP) is 4.22. The van der Waals surface area contributed by atoms with Gasteiger partial charge in [0.2, 0.25) is 0 Å². The molecule has 0 saturated heterocycles. The molecule has 2 heteroatoms. The Balaban J connectivity index is 1.58. The van der Waals surface area contributed by atoms with Crippen LogP contribution in [0.3, 0.4) is 0 Å². The van der Waals surface area contributed by atoms with Gasteiger partial charge in [-0.15, -0.1) is 0 Å². The van der Waals surface area contributed by atoms with Crippen LogP contribution in [0.2, 0.25) is 0 Å². The lowest BCUT2D eigenvalue weighted by Crippen LogP contribution is -2.16. The van der Waals surface area contributed by atoms with E-state index >= 15 is 0 Å². The maximum Gasteiger partial charge on any atom is 0.0912 e. The van der Waals surface area contributed by atoms with Crippen LogP contribution in [0, 0.1) is 5.92 Å². The van der Waals surface area contributed by atoms with Crippen LogP contribution in [0.4, 0.5) is 5.69 Å². The molecule has 2 aromatic rings. The molecular weight excluding hydrogens is 258 g/mol. The molecule has 3 rings (SSSR count). The highest BCUT2D eigenvalue weighted by Crippen LogP contribution is 2.48. The van der Waals surface area contributed by atoms with E-state index in [1.165, 1.54) is 11.3 Å². The molecule has 2 atom stereocenters. The second-order valence-corrected chi connectivity index (χ2v) is 5.55. The third-order valence-corrected chi connectivity index (χ3v) is 4.16. The maximum atomic E-state index is 5.74. The number of methoxy groups -OCH3 is 1. The minimum atomic E-state index is -0.0996. The van der Waals surface area contributed by atoms with Crippen molar-refractivity contribution in [1.82, 2.24) is 0 Å². The van der Waals surface area contributed by atoms with Crippen molar-refractivity contribution in [3.63, 3.8) is 0 Å². The topological polar surface area (TPSA) is 21.3 Å². The Kier molecular flexibility index (Phi) is 4.07. The van der Waals surface area contributed by atoms with E-state index in [0.717, 1.165) is 13.0 Å². The number of para-hydroxylation sites is 1. The number of nitrogens with one attached hydrogen (secondary N) is 1. The van der Waals surface area contributed by atoms with Crippen LogP contribution in [-0.4, -0.2) is 19.3 Å². The number of hydrogen-bond acceptors (Lipinski definition) is 2. The standard InChI is InChI=1S/C19H21NO/c1-21-19(13-12-16-8-4-2-5-9-16)14-17(19)15-20-18-10-6-3-7-11-18/h2-13,17,20H,14-15H2,1H3/b13-12+/t17-,19-/m0/s1. The molecule has 21 heavy (non-hydrogen) atoms. The molecule has 108 valence electrons. The number of anilines is 1. The summed E-state index contributed by atoms with van der Waals surface area (Å²) in [5.41, 5.74) is 2.29. The van der Waals surface area contributed by atoms with Crippen LogP contribution < -0.4 is 5.32 Å². The van der Waals surface area contributed by atoms with Gasteiger partial charge < -0.3 is 10.1 Å². The van der Waals surface area contributed by atoms with Crippen molar-refractivity contribution in [1.29, 1.82) is 0 Å². The Morgan fingerprint density at radius 2 is 1.76 bits per heavy atom. The molecule has 0 spiro atoms. The van der Waals surface area contributed by atoms with Gasteiger partial charge in [-0.05, 0) is 24.1 Å². The Bertz CT molecular complexity index is 593. The summed E-state index contributed by atoms with van der Waals surface area (Å²) < 4.78 is 5.74. The zero-order valence-electron chi connectivity index (χ0n) is 12.3. The quantitative estimate of drug-likeness (QED) is 0.855. The highest BCUT2D eigenvalue weighted by atomic mass is 16.5. The van der Waals surface area contributed by atoms with E-state index in [1.807, 2.05) is 24.3 Å². The van der Waals surface area contributed by atoms with E-state index in [9.17, 15) is 0 Å². The third-order valence-electron chi connectivity index (χ3n) is 4.16. The van der Waals surface area contributed by atoms with Gasteiger partial charge in [0.05, 0.1) is 5.60 Å². The van der Waals surface area contributed by atoms with E-state index < -0.39 is 0 Å². The number of rotatable bonds is 6. The lowest BCUT2D eigenvalue weighted by Gasteiger charge is -2.12. The molecule has 0 aliphatic heterocycles. The summed E-state index contributed by atoms with van der Waals surface area (Å²) in [6.07, 6.45) is 5.44. The fourth-order valence-electron chi connectivity index (χ4n) is 2.69. The van der Waals surface area contributed by atoms with Crippen LogP contribution in [0.15, 0.2) is 66.7 Å². The largest absolute Gasteiger partial charge is 0.385 e. The monoisotopic (exact) mass is 279 g/mol. The molecule has 1 saturated carbocycles. The summed E-state index contributed by atoms with van der Waals surface area (Å²) in [6.45, 7) is 0.941. The van der Waals surface area contributed by atoms with Gasteiger partial charge in [-0.1, -0.05) is 60.7 Å². The second kappa shape index (κ2) is 6.15. The van der Waals surface area contributed by atoms with Gasteiger partial charge in [0.1, 0.15) is 0 Å². The number of hydrogen-bond donors (Lipinski definition) is 1. The maximum absolute atomic E-state index is 5.74. The normalized spacial score (nSPS) is 24.1. The van der Waals surface area contributed by atoms with Crippen molar-refractivity contribution in [2.24, 2.45) is 5.92 Å². The average molecular weight is 279 g/mol. The number of benzene rings is 2. The molecule has 0 aromatic heterocycles. The van der Waals surface area contributed by atoms with Crippen LogP contribution >= 0.6 is 0 Å². The highest BCUT2D eigenvalue weighted by molar-refractivity contribution is 5.52. The van der Waals surface area contributed by atoms with Crippen molar-refractivity contribution >= 4 is 11.8 Å². The van der Waals surface area contributed by atoms with Gasteiger partial charge >= 0.3 is 0 Å². The highest BCUT2D eigenvalue weighted by Gasteiger charge is 2.52. The first-order chi connectivity index (χ1) is 10.3. The van der Waals surface area contributed by atoms with E-state index in [1.54, 1.807) is 7.11 Å². The molecule has 1 N–H and O–H groups in total. The molecule has 1 fully saturated rings. The van der Waals surface area contributed by atoms with Crippen LogP contribution in [0.1, 0.15) is 12.0 Å². The van der Waals surface area contributed by atoms with Gasteiger partial charge in [0.15, 0.2) is 0 Å². The second-order valence-electron chi connectivity index (χ2n) is 5.55. The first kappa shape index (κ1) is 13.9. The zero-order chi connectivity index (χ0) is 14.5. The Morgan fingerprint density at radius 3 is 2.43 bits per heavy atom. The first-order valence-electron chi connectivity index (χ1n) is 7.41. The van der Waals surface area contributed by atoms with E-state index in [4.69, 9.17) is 4.74 Å². The summed E-state index contributed by atoms with van der Waals surface area (Å²) in [5.74, 6) is 0.530. The SMILES string of the molecule is CO[C@@]1(/C=C/c2ccccc2)C[C@H]1CNc1ccccc1. The molecule has 1 aliphatic rings. The predicted molar refractivity (Wildman–Crippen MR) is 88.3 cm³/mol. The minimum absolute atomic E-state index is 0.0996. The summed E-state index contributed by atoms with van der Waals surface area (Å²) in [7, 11) is 1.80. The fraction of sp³-hybridized carbons (Fsp3) is 0.263. The molecule has 0 heterocycles. The zero-order valence-corrected chi connectivity index (χ0v) is 12.3. The van der Waals surface area contributed by atoms with Crippen molar-refractivity contribution in [2.75, 3.05) is 19.0 Å². The van der Waals surface area contributed by atoms with Crippen LogP contribution in [-0.2, 0) is 4.74 Å². The summed E-state index contributed by atoms with van der Waals surface area (Å²) >= 11 is 0. The molecule has 0 radical (unpaired) electrons. The molecule has 0 amide bonds. The summed E-state index contributed by atoms with van der Waals surface area (Å²) in [5, 5.41) is 3.48. The smallest absolute Gasteiger partial charge is 0.0912 e. The molecule has 2 aromatic carbocycles. The Morgan fingerprint density at radius 1 is 1.10 bits per heavy atom. The Hall–Kier alpha value is -2.06. The van der Waals surface area contributed by atoms with E-state index in [0.29, 0.717) is 5.92 Å². The molecule has 0 unspecified atom stereocenters. The van der Waals surface area contributed by atoms with Gasteiger partial charge in [-0.3, -0.25) is 0 Å². The van der Waals surface area contributed by atoms with Crippen molar-refractivity contribution < 1.29 is 4.74 Å². The van der Waals surface area contributed by atoms with E-state index in [2.05, 4.69) is 53.9 Å². The molecule has 1 aliphatic carbocycles. The van der Waals surface area contributed by atoms with Gasteiger partial charge in [0, 0.05) is 25.3 Å². The van der Waals surface area contributed by atoms with Crippen molar-refractivity contribution in [3.05, 3.63) is 72.3 Å². The Labute approximate surface area is 126 Å². The lowest BCUT2D eigenvalue weighted by molar-refractivity contribution is 0.109. The van der Waals surface area contributed by atoms with Gasteiger partial charge in [-0.2, -0.15) is 0 Å². The average Bonchev–Trinajstić information content (AvgIpc) is 3.27. The van der Waals surface area contributed by atoms with Crippen molar-refractivity contribution in [2.45, 2.75) is 12.0 Å². The fourth-order valence-corrected chi connectivity index (χ4v) is 2.69. The third kappa shape index (κ3) is 3.34. The molecule has 0 bridgehead atoms. The summed E-state index contributed by atoms with van der Waals surface area (Å²) in [4.78, 5) is 0. The molecule has 2 nitrogen and oxygen atoms in total. The molecular formula is C19H21NO. The van der Waals surface area contributed by atoms with Gasteiger partial charge in [-0.25, -0.2) is 0 Å². The van der Waals surface area contributed by atoms with Crippen molar-refractivity contribution in [3.8, 4) is 0 Å². The summed E-state index contributed by atoms with van der Waals surface area (Å²) in [6, 6.07) is 20.7. The van der Waals surface area contributed by atoms with Crippen LogP contribution in [0.25, 0.3) is 6.08 Å². The minimum Gasteiger partial charge on any atom is -0.385 e. The number of ether oxygens (including phenoxy) is 1. The lowest BCUT2D eigenvalue weighted by atomic mass is 10.1. The first-order valence-corrected chi connectivity index (χ1v) is 7.41. The van der Waals surface area contributed by atoms with Crippen LogP contribution in [0.5, 0.6) is 0 Å².